The molecule has 0 radical (unpaired) electrons. The lowest BCUT2D eigenvalue weighted by Gasteiger charge is -2.28. The average Bonchev–Trinajstić information content (AvgIpc) is 2.74. The number of hydrogen-bond donors (Lipinski definition) is 1. The van der Waals surface area contributed by atoms with Crippen LogP contribution in [0.2, 0.25) is 0 Å². The highest BCUT2D eigenvalue weighted by Crippen LogP contribution is 2.22. The van der Waals surface area contributed by atoms with Crippen LogP contribution in [0.4, 0.5) is 0 Å². The van der Waals surface area contributed by atoms with Gasteiger partial charge in [0.15, 0.2) is 0 Å². The number of halogens is 1. The standard InChI is InChI=1S/C12H17BrN2OS/c1-15-5-2-9(3-6-15)8-14-12(16)11-10(13)4-7-17-11/h4,7,9H,2-3,5-6,8H2,1H3,(H,14,16). The second kappa shape index (κ2) is 5.98. The van der Waals surface area contributed by atoms with E-state index in [1.807, 2.05) is 11.4 Å². The van der Waals surface area contributed by atoms with Crippen LogP contribution < -0.4 is 5.32 Å². The maximum atomic E-state index is 11.9. The van der Waals surface area contributed by atoms with Gasteiger partial charge in [0.1, 0.15) is 4.88 Å². The summed E-state index contributed by atoms with van der Waals surface area (Å²) >= 11 is 4.86. The van der Waals surface area contributed by atoms with Gasteiger partial charge in [-0.15, -0.1) is 11.3 Å². The Morgan fingerprint density at radius 3 is 2.88 bits per heavy atom. The molecule has 1 aromatic heterocycles. The number of likely N-dealkylation sites (tertiary alicyclic amines) is 1. The van der Waals surface area contributed by atoms with Crippen LogP contribution >= 0.6 is 27.3 Å². The van der Waals surface area contributed by atoms with Gasteiger partial charge in [-0.25, -0.2) is 0 Å². The van der Waals surface area contributed by atoms with Gasteiger partial charge in [-0.3, -0.25) is 4.79 Å². The van der Waals surface area contributed by atoms with Gasteiger partial charge in [0, 0.05) is 11.0 Å². The Kier molecular flexibility index (Phi) is 4.59. The quantitative estimate of drug-likeness (QED) is 0.929. The SMILES string of the molecule is CN1CCC(CNC(=O)c2sccc2Br)CC1. The summed E-state index contributed by atoms with van der Waals surface area (Å²) in [5, 5.41) is 4.96. The van der Waals surface area contributed by atoms with Gasteiger partial charge in [-0.05, 0) is 66.3 Å². The molecule has 2 heterocycles. The Hall–Kier alpha value is -0.390. The van der Waals surface area contributed by atoms with Crippen molar-refractivity contribution in [3.8, 4) is 0 Å². The summed E-state index contributed by atoms with van der Waals surface area (Å²) in [5.74, 6) is 0.680. The summed E-state index contributed by atoms with van der Waals surface area (Å²) in [4.78, 5) is 15.0. The molecule has 0 unspecified atom stereocenters. The lowest BCUT2D eigenvalue weighted by Crippen LogP contribution is -2.36. The zero-order valence-electron chi connectivity index (χ0n) is 9.91. The topological polar surface area (TPSA) is 32.3 Å². The summed E-state index contributed by atoms with van der Waals surface area (Å²) in [7, 11) is 2.15. The average molecular weight is 317 g/mol. The molecule has 0 aromatic carbocycles. The first kappa shape index (κ1) is 13.1. The van der Waals surface area contributed by atoms with Gasteiger partial charge in [0.25, 0.3) is 5.91 Å². The Labute approximate surface area is 114 Å². The Morgan fingerprint density at radius 1 is 1.59 bits per heavy atom. The first-order valence-corrected chi connectivity index (χ1v) is 7.54. The van der Waals surface area contributed by atoms with Gasteiger partial charge in [0.2, 0.25) is 0 Å². The fourth-order valence-electron chi connectivity index (χ4n) is 2.04. The molecule has 17 heavy (non-hydrogen) atoms. The zero-order valence-corrected chi connectivity index (χ0v) is 12.3. The lowest BCUT2D eigenvalue weighted by atomic mass is 9.97. The first-order valence-electron chi connectivity index (χ1n) is 5.86. The molecule has 3 nitrogen and oxygen atoms in total. The molecular formula is C12H17BrN2OS. The van der Waals surface area contributed by atoms with Crippen LogP contribution in [-0.2, 0) is 0 Å². The maximum Gasteiger partial charge on any atom is 0.262 e. The zero-order chi connectivity index (χ0) is 12.3. The summed E-state index contributed by atoms with van der Waals surface area (Å²) in [6, 6.07) is 1.91. The summed E-state index contributed by atoms with van der Waals surface area (Å²) < 4.78 is 0.892. The van der Waals surface area contributed by atoms with Gasteiger partial charge in [0.05, 0.1) is 0 Å². The predicted octanol–water partition coefficient (Wildman–Crippen LogP) is 2.58. The van der Waals surface area contributed by atoms with Crippen molar-refractivity contribution >= 4 is 33.2 Å². The number of carbonyl (C=O) groups excluding carboxylic acids is 1. The van der Waals surface area contributed by atoms with Crippen molar-refractivity contribution in [2.75, 3.05) is 26.7 Å². The number of amides is 1. The summed E-state index contributed by atoms with van der Waals surface area (Å²) in [5.41, 5.74) is 0. The number of nitrogens with one attached hydrogen (secondary N) is 1. The molecule has 94 valence electrons. The van der Waals surface area contributed by atoms with E-state index in [0.29, 0.717) is 5.92 Å². The van der Waals surface area contributed by atoms with Gasteiger partial charge >= 0.3 is 0 Å². The van der Waals surface area contributed by atoms with Crippen molar-refractivity contribution in [2.24, 2.45) is 5.92 Å². The van der Waals surface area contributed by atoms with E-state index in [-0.39, 0.29) is 5.91 Å². The number of carbonyl (C=O) groups is 1. The minimum atomic E-state index is 0.0470. The third-order valence-electron chi connectivity index (χ3n) is 3.21. The summed E-state index contributed by atoms with van der Waals surface area (Å²) in [6.45, 7) is 3.09. The van der Waals surface area contributed by atoms with Gasteiger partial charge in [-0.2, -0.15) is 0 Å². The number of hydrogen-bond acceptors (Lipinski definition) is 3. The van der Waals surface area contributed by atoms with Crippen molar-refractivity contribution in [1.82, 2.24) is 10.2 Å². The van der Waals surface area contributed by atoms with Crippen molar-refractivity contribution < 1.29 is 4.79 Å². The highest BCUT2D eigenvalue weighted by atomic mass is 79.9. The van der Waals surface area contributed by atoms with Crippen LogP contribution in [-0.4, -0.2) is 37.5 Å². The van der Waals surface area contributed by atoms with E-state index in [2.05, 4.69) is 33.2 Å². The number of piperidine rings is 1. The van der Waals surface area contributed by atoms with Crippen molar-refractivity contribution in [3.63, 3.8) is 0 Å². The van der Waals surface area contributed by atoms with Crippen LogP contribution in [0.5, 0.6) is 0 Å². The molecular weight excluding hydrogens is 300 g/mol. The number of thiophene rings is 1. The minimum Gasteiger partial charge on any atom is -0.351 e. The van der Waals surface area contributed by atoms with E-state index >= 15 is 0 Å². The van der Waals surface area contributed by atoms with Crippen LogP contribution in [0.1, 0.15) is 22.5 Å². The van der Waals surface area contributed by atoms with E-state index < -0.39 is 0 Å². The monoisotopic (exact) mass is 316 g/mol. The number of rotatable bonds is 3. The molecule has 1 fully saturated rings. The largest absolute Gasteiger partial charge is 0.351 e. The molecule has 2 rings (SSSR count). The molecule has 1 aromatic rings. The highest BCUT2D eigenvalue weighted by molar-refractivity contribution is 9.10. The molecule has 1 N–H and O–H groups in total. The molecule has 5 heteroatoms. The van der Waals surface area contributed by atoms with Crippen LogP contribution in [0.15, 0.2) is 15.9 Å². The minimum absolute atomic E-state index is 0.0470. The van der Waals surface area contributed by atoms with Gasteiger partial charge < -0.3 is 10.2 Å². The fourth-order valence-corrected chi connectivity index (χ4v) is 3.51. The molecule has 0 bridgehead atoms. The molecule has 1 aliphatic heterocycles. The third kappa shape index (κ3) is 3.53. The van der Waals surface area contributed by atoms with Crippen molar-refractivity contribution in [3.05, 3.63) is 20.8 Å². The van der Waals surface area contributed by atoms with E-state index in [1.54, 1.807) is 0 Å². The summed E-state index contributed by atoms with van der Waals surface area (Å²) in [6.07, 6.45) is 2.37. The number of nitrogens with zero attached hydrogens (tertiary/aromatic N) is 1. The van der Waals surface area contributed by atoms with E-state index in [0.717, 1.165) is 29.0 Å². The third-order valence-corrected chi connectivity index (χ3v) is 5.05. The molecule has 0 aliphatic carbocycles. The highest BCUT2D eigenvalue weighted by Gasteiger charge is 2.18. The normalized spacial score (nSPS) is 18.2. The molecule has 0 saturated carbocycles. The van der Waals surface area contributed by atoms with E-state index in [9.17, 15) is 4.79 Å². The predicted molar refractivity (Wildman–Crippen MR) is 74.6 cm³/mol. The van der Waals surface area contributed by atoms with Crippen LogP contribution in [0.25, 0.3) is 0 Å². The van der Waals surface area contributed by atoms with Crippen LogP contribution in [0.3, 0.4) is 0 Å². The fraction of sp³-hybridized carbons (Fsp3) is 0.583. The second-order valence-corrected chi connectivity index (χ2v) is 6.32. The molecule has 1 aliphatic rings. The Morgan fingerprint density at radius 2 is 2.29 bits per heavy atom. The van der Waals surface area contributed by atoms with Crippen molar-refractivity contribution in [2.45, 2.75) is 12.8 Å². The van der Waals surface area contributed by atoms with Crippen molar-refractivity contribution in [1.29, 1.82) is 0 Å². The smallest absolute Gasteiger partial charge is 0.262 e. The van der Waals surface area contributed by atoms with E-state index in [1.165, 1.54) is 24.2 Å². The lowest BCUT2D eigenvalue weighted by molar-refractivity contribution is 0.0942. The maximum absolute atomic E-state index is 11.9. The Balaban J connectivity index is 1.79. The van der Waals surface area contributed by atoms with Crippen LogP contribution in [0, 0.1) is 5.92 Å². The second-order valence-electron chi connectivity index (χ2n) is 4.55. The molecule has 1 amide bonds. The Bertz CT molecular complexity index is 386. The van der Waals surface area contributed by atoms with Gasteiger partial charge in [-0.1, -0.05) is 0 Å². The molecule has 0 spiro atoms. The first-order chi connectivity index (χ1) is 8.16. The van der Waals surface area contributed by atoms with E-state index in [4.69, 9.17) is 0 Å². The molecule has 1 saturated heterocycles. The molecule has 0 atom stereocenters.